The molecule has 1 unspecified atom stereocenters. The summed E-state index contributed by atoms with van der Waals surface area (Å²) in [6, 6.07) is 1.46. The molecule has 7 heteroatoms. The van der Waals surface area contributed by atoms with Gasteiger partial charge in [0.25, 0.3) is 0 Å². The Balaban J connectivity index is 2.21. The molecule has 1 fully saturated rings. The fourth-order valence-corrected chi connectivity index (χ4v) is 3.49. The van der Waals surface area contributed by atoms with Gasteiger partial charge in [-0.3, -0.25) is 10.1 Å². The van der Waals surface area contributed by atoms with Crippen molar-refractivity contribution >= 4 is 22.0 Å². The van der Waals surface area contributed by atoms with Crippen molar-refractivity contribution in [2.75, 3.05) is 24.6 Å². The van der Waals surface area contributed by atoms with E-state index >= 15 is 0 Å². The zero-order valence-corrected chi connectivity index (χ0v) is 11.6. The van der Waals surface area contributed by atoms with Crippen LogP contribution in [0, 0.1) is 16.0 Å². The van der Waals surface area contributed by atoms with Crippen LogP contribution in [0.25, 0.3) is 0 Å². The van der Waals surface area contributed by atoms with Crippen LogP contribution in [0.5, 0.6) is 0 Å². The molecule has 0 spiro atoms. The van der Waals surface area contributed by atoms with E-state index in [1.54, 1.807) is 6.92 Å². The number of thiophene rings is 1. The van der Waals surface area contributed by atoms with Gasteiger partial charge in [-0.25, -0.2) is 0 Å². The monoisotopic (exact) mass is 286 g/mol. The molecule has 0 aliphatic carbocycles. The van der Waals surface area contributed by atoms with Gasteiger partial charge in [-0.1, -0.05) is 0 Å². The molecule has 1 aromatic heterocycles. The highest BCUT2D eigenvalue weighted by molar-refractivity contribution is 7.16. The Morgan fingerprint density at radius 1 is 1.68 bits per heavy atom. The van der Waals surface area contributed by atoms with Gasteiger partial charge in [0.1, 0.15) is 0 Å². The van der Waals surface area contributed by atoms with Gasteiger partial charge < -0.3 is 15.1 Å². The number of aliphatic hydroxyl groups excluding tert-OH is 2. The summed E-state index contributed by atoms with van der Waals surface area (Å²) in [6.07, 6.45) is 0.992. The number of aliphatic hydroxyl groups is 2. The van der Waals surface area contributed by atoms with Crippen molar-refractivity contribution < 1.29 is 15.1 Å². The van der Waals surface area contributed by atoms with Crippen LogP contribution in [0.2, 0.25) is 0 Å². The van der Waals surface area contributed by atoms with Gasteiger partial charge >= 0.3 is 5.69 Å². The lowest BCUT2D eigenvalue weighted by molar-refractivity contribution is -0.383. The molecule has 6 nitrogen and oxygen atoms in total. The van der Waals surface area contributed by atoms with Gasteiger partial charge in [-0.15, -0.1) is 11.3 Å². The van der Waals surface area contributed by atoms with Crippen LogP contribution in [-0.2, 0) is 0 Å². The molecule has 0 amide bonds. The lowest BCUT2D eigenvalue weighted by atomic mass is 10.1. The van der Waals surface area contributed by atoms with Crippen LogP contribution >= 0.6 is 11.3 Å². The minimum Gasteiger partial charge on any atom is -0.396 e. The van der Waals surface area contributed by atoms with Crippen molar-refractivity contribution in [3.05, 3.63) is 21.1 Å². The maximum Gasteiger partial charge on any atom is 0.304 e. The molecule has 19 heavy (non-hydrogen) atoms. The summed E-state index contributed by atoms with van der Waals surface area (Å²) < 4.78 is 0. The Kier molecular flexibility index (Phi) is 4.38. The molecule has 2 N–H and O–H groups in total. The predicted octanol–water partition coefficient (Wildman–Crippen LogP) is 1.92. The smallest absolute Gasteiger partial charge is 0.304 e. The van der Waals surface area contributed by atoms with Crippen LogP contribution in [0.4, 0.5) is 10.7 Å². The topological polar surface area (TPSA) is 86.8 Å². The number of anilines is 1. The third kappa shape index (κ3) is 3.05. The maximum absolute atomic E-state index is 11.1. The predicted molar refractivity (Wildman–Crippen MR) is 73.6 cm³/mol. The fraction of sp³-hybridized carbons (Fsp3) is 0.667. The number of nitro groups is 1. The van der Waals surface area contributed by atoms with Crippen LogP contribution in [0.3, 0.4) is 0 Å². The largest absolute Gasteiger partial charge is 0.396 e. The van der Waals surface area contributed by atoms with Crippen molar-refractivity contribution in [1.82, 2.24) is 0 Å². The van der Waals surface area contributed by atoms with E-state index in [2.05, 4.69) is 0 Å². The molecule has 1 aliphatic rings. The molecular formula is C12H18N2O4S. The first-order valence-electron chi connectivity index (χ1n) is 6.35. The van der Waals surface area contributed by atoms with Crippen molar-refractivity contribution in [3.63, 3.8) is 0 Å². The summed E-state index contributed by atoms with van der Waals surface area (Å²) in [4.78, 5) is 13.3. The van der Waals surface area contributed by atoms with E-state index in [0.717, 1.165) is 25.9 Å². The molecule has 1 aliphatic heterocycles. The van der Waals surface area contributed by atoms with Crippen LogP contribution in [0.15, 0.2) is 6.07 Å². The van der Waals surface area contributed by atoms with Gasteiger partial charge in [0, 0.05) is 30.6 Å². The van der Waals surface area contributed by atoms with Crippen LogP contribution in [0.1, 0.15) is 30.7 Å². The van der Waals surface area contributed by atoms with Gasteiger partial charge in [0.15, 0.2) is 5.00 Å². The third-order valence-corrected chi connectivity index (χ3v) is 4.79. The zero-order valence-electron chi connectivity index (χ0n) is 10.8. The standard InChI is InChI=1S/C12H18N2O4S/c1-8(16)11-6-10(14(17)18)12(19-11)13-4-2-9(7-13)3-5-15/h6,8-9,15-16H,2-5,7H2,1H3/t8-,9?/m0/s1. The number of hydrogen-bond acceptors (Lipinski definition) is 6. The maximum atomic E-state index is 11.1. The third-order valence-electron chi connectivity index (χ3n) is 3.43. The first-order valence-corrected chi connectivity index (χ1v) is 7.16. The molecule has 2 atom stereocenters. The number of rotatable bonds is 5. The van der Waals surface area contributed by atoms with E-state index in [1.807, 2.05) is 4.90 Å². The molecule has 106 valence electrons. The highest BCUT2D eigenvalue weighted by Gasteiger charge is 2.30. The van der Waals surface area contributed by atoms with E-state index < -0.39 is 11.0 Å². The van der Waals surface area contributed by atoms with Gasteiger partial charge in [0.05, 0.1) is 11.0 Å². The van der Waals surface area contributed by atoms with Crippen molar-refractivity contribution in [2.45, 2.75) is 25.9 Å². The second-order valence-electron chi connectivity index (χ2n) is 4.89. The average molecular weight is 286 g/mol. The Labute approximate surface area is 115 Å². The van der Waals surface area contributed by atoms with Crippen LogP contribution in [-0.4, -0.2) is 34.8 Å². The Hall–Kier alpha value is -1.18. The molecule has 2 rings (SSSR count). The molecule has 0 aromatic carbocycles. The van der Waals surface area contributed by atoms with E-state index in [9.17, 15) is 15.2 Å². The second kappa shape index (κ2) is 5.85. The number of hydrogen-bond donors (Lipinski definition) is 2. The second-order valence-corrected chi connectivity index (χ2v) is 5.95. The highest BCUT2D eigenvalue weighted by atomic mass is 32.1. The van der Waals surface area contributed by atoms with Gasteiger partial charge in [-0.05, 0) is 25.7 Å². The normalized spacial score (nSPS) is 20.8. The summed E-state index contributed by atoms with van der Waals surface area (Å²) >= 11 is 1.29. The molecule has 2 heterocycles. The zero-order chi connectivity index (χ0) is 14.0. The minimum atomic E-state index is -0.687. The van der Waals surface area contributed by atoms with Gasteiger partial charge in [-0.2, -0.15) is 0 Å². The minimum absolute atomic E-state index is 0.0746. The molecular weight excluding hydrogens is 268 g/mol. The van der Waals surface area contributed by atoms with E-state index in [1.165, 1.54) is 17.4 Å². The Morgan fingerprint density at radius 3 is 3.00 bits per heavy atom. The lowest BCUT2D eigenvalue weighted by Gasteiger charge is -2.15. The lowest BCUT2D eigenvalue weighted by Crippen LogP contribution is -2.19. The first-order chi connectivity index (χ1) is 9.02. The summed E-state index contributed by atoms with van der Waals surface area (Å²) in [5, 5.41) is 30.2. The van der Waals surface area contributed by atoms with E-state index in [4.69, 9.17) is 5.11 Å². The highest BCUT2D eigenvalue weighted by Crippen LogP contribution is 2.42. The van der Waals surface area contributed by atoms with Crippen molar-refractivity contribution in [1.29, 1.82) is 0 Å². The van der Waals surface area contributed by atoms with Crippen molar-refractivity contribution in [3.8, 4) is 0 Å². The molecule has 0 saturated carbocycles. The molecule has 1 saturated heterocycles. The van der Waals surface area contributed by atoms with E-state index in [-0.39, 0.29) is 12.3 Å². The summed E-state index contributed by atoms with van der Waals surface area (Å²) in [7, 11) is 0. The number of nitrogens with zero attached hydrogens (tertiary/aromatic N) is 2. The molecule has 0 radical (unpaired) electrons. The summed E-state index contributed by atoms with van der Waals surface area (Å²) in [5.41, 5.74) is 0.0746. The summed E-state index contributed by atoms with van der Waals surface area (Å²) in [6.45, 7) is 3.27. The van der Waals surface area contributed by atoms with Gasteiger partial charge in [0.2, 0.25) is 0 Å². The quantitative estimate of drug-likeness (QED) is 0.638. The molecule has 0 bridgehead atoms. The Bertz CT molecular complexity index is 461. The first kappa shape index (κ1) is 14.2. The summed E-state index contributed by atoms with van der Waals surface area (Å²) in [5.74, 6) is 0.390. The van der Waals surface area contributed by atoms with E-state index in [0.29, 0.717) is 15.8 Å². The van der Waals surface area contributed by atoms with Crippen molar-refractivity contribution in [2.24, 2.45) is 5.92 Å². The molecule has 1 aromatic rings. The SMILES string of the molecule is C[C@H](O)c1cc([N+](=O)[O-])c(N2CCC(CCO)C2)s1. The fourth-order valence-electron chi connectivity index (χ4n) is 2.39. The average Bonchev–Trinajstić information content (AvgIpc) is 2.94. The van der Waals surface area contributed by atoms with Crippen LogP contribution < -0.4 is 4.90 Å². The Morgan fingerprint density at radius 2 is 2.42 bits per heavy atom.